The van der Waals surface area contributed by atoms with Crippen molar-refractivity contribution >= 4 is 11.9 Å². The average Bonchev–Trinajstić information content (AvgIpc) is 3.18. The molecule has 1 atom stereocenters. The highest BCUT2D eigenvalue weighted by Crippen LogP contribution is 2.32. The maximum absolute atomic E-state index is 12.8. The molecule has 28 heavy (non-hydrogen) atoms. The monoisotopic (exact) mass is 395 g/mol. The predicted octanol–water partition coefficient (Wildman–Crippen LogP) is 4.52. The summed E-state index contributed by atoms with van der Waals surface area (Å²) in [5, 5.41) is 0. The molecule has 5 nitrogen and oxygen atoms in total. The molecule has 1 aromatic heterocycles. The molecular weight excluding hydrogens is 375 g/mol. The lowest BCUT2D eigenvalue weighted by molar-refractivity contribution is -0.140. The molecular formula is C20H20F3NO4. The Bertz CT molecular complexity index is 853. The largest absolute Gasteiger partial charge is 0.449 e. The van der Waals surface area contributed by atoms with Crippen LogP contribution in [0.25, 0.3) is 11.3 Å². The number of ether oxygens (including phenoxy) is 1. The number of nitrogens with zero attached hydrogens (tertiary/aromatic N) is 1. The molecule has 1 amide bonds. The van der Waals surface area contributed by atoms with Crippen molar-refractivity contribution in [2.45, 2.75) is 38.5 Å². The Morgan fingerprint density at radius 2 is 1.82 bits per heavy atom. The average molecular weight is 395 g/mol. The number of rotatable bonds is 4. The first-order valence-electron chi connectivity index (χ1n) is 9.03. The van der Waals surface area contributed by atoms with Crippen LogP contribution in [0, 0.1) is 0 Å². The summed E-state index contributed by atoms with van der Waals surface area (Å²) >= 11 is 0. The molecule has 1 aromatic carbocycles. The van der Waals surface area contributed by atoms with Gasteiger partial charge in [-0.25, -0.2) is 4.79 Å². The van der Waals surface area contributed by atoms with Crippen LogP contribution in [0.5, 0.6) is 0 Å². The summed E-state index contributed by atoms with van der Waals surface area (Å²) in [6.07, 6.45) is -2.53. The minimum atomic E-state index is -4.48. The highest BCUT2D eigenvalue weighted by atomic mass is 19.4. The quantitative estimate of drug-likeness (QED) is 0.714. The molecule has 1 aliphatic rings. The molecule has 2 heterocycles. The Hall–Kier alpha value is -2.77. The van der Waals surface area contributed by atoms with Crippen molar-refractivity contribution in [2.75, 3.05) is 13.1 Å². The number of benzene rings is 1. The van der Waals surface area contributed by atoms with Crippen molar-refractivity contribution in [3.8, 4) is 11.3 Å². The third-order valence-corrected chi connectivity index (χ3v) is 4.58. The van der Waals surface area contributed by atoms with Crippen molar-refractivity contribution in [3.05, 3.63) is 47.7 Å². The van der Waals surface area contributed by atoms with E-state index < -0.39 is 23.8 Å². The van der Waals surface area contributed by atoms with Gasteiger partial charge in [-0.15, -0.1) is 0 Å². The minimum absolute atomic E-state index is 0.105. The highest BCUT2D eigenvalue weighted by Gasteiger charge is 2.31. The number of amides is 1. The first kappa shape index (κ1) is 20.0. The van der Waals surface area contributed by atoms with Crippen LogP contribution in [0.15, 0.2) is 40.8 Å². The fraction of sp³-hybridized carbons (Fsp3) is 0.400. The minimum Gasteiger partial charge on any atom is -0.449 e. The highest BCUT2D eigenvalue weighted by molar-refractivity contribution is 5.90. The van der Waals surface area contributed by atoms with E-state index in [9.17, 15) is 22.8 Å². The van der Waals surface area contributed by atoms with Crippen molar-refractivity contribution in [1.29, 1.82) is 0 Å². The first-order valence-corrected chi connectivity index (χ1v) is 9.03. The molecule has 1 saturated heterocycles. The molecule has 0 unspecified atom stereocenters. The van der Waals surface area contributed by atoms with Crippen LogP contribution in [-0.4, -0.2) is 36.0 Å². The number of carbonyl (C=O) groups excluding carboxylic acids is 2. The van der Waals surface area contributed by atoms with Crippen LogP contribution in [-0.2, 0) is 15.7 Å². The molecule has 0 radical (unpaired) electrons. The van der Waals surface area contributed by atoms with E-state index >= 15 is 0 Å². The van der Waals surface area contributed by atoms with Crippen LogP contribution < -0.4 is 0 Å². The van der Waals surface area contributed by atoms with E-state index in [0.29, 0.717) is 13.1 Å². The number of esters is 1. The molecule has 3 rings (SSSR count). The lowest BCUT2D eigenvalue weighted by atomic mass is 10.1. The van der Waals surface area contributed by atoms with Crippen LogP contribution in [0.4, 0.5) is 13.2 Å². The molecule has 1 aliphatic heterocycles. The Morgan fingerprint density at radius 3 is 2.50 bits per heavy atom. The number of halogens is 3. The van der Waals surface area contributed by atoms with Gasteiger partial charge < -0.3 is 14.1 Å². The Morgan fingerprint density at radius 1 is 1.11 bits per heavy atom. The Kier molecular flexibility index (Phi) is 5.76. The molecule has 0 aliphatic carbocycles. The van der Waals surface area contributed by atoms with Gasteiger partial charge in [-0.2, -0.15) is 13.2 Å². The van der Waals surface area contributed by atoms with Crippen LogP contribution >= 0.6 is 0 Å². The third-order valence-electron chi connectivity index (χ3n) is 4.58. The van der Waals surface area contributed by atoms with E-state index in [-0.39, 0.29) is 23.0 Å². The molecule has 2 aromatic rings. The second-order valence-electron chi connectivity index (χ2n) is 6.68. The van der Waals surface area contributed by atoms with Gasteiger partial charge in [0.1, 0.15) is 5.76 Å². The smallest absolute Gasteiger partial charge is 0.416 e. The summed E-state index contributed by atoms with van der Waals surface area (Å²) < 4.78 is 49.1. The van der Waals surface area contributed by atoms with Crippen molar-refractivity contribution in [2.24, 2.45) is 0 Å². The van der Waals surface area contributed by atoms with Gasteiger partial charge in [0.2, 0.25) is 5.76 Å². The topological polar surface area (TPSA) is 59.8 Å². The van der Waals surface area contributed by atoms with E-state index in [2.05, 4.69) is 0 Å². The fourth-order valence-corrected chi connectivity index (χ4v) is 3.09. The predicted molar refractivity (Wildman–Crippen MR) is 94.5 cm³/mol. The lowest BCUT2D eigenvalue weighted by Gasteiger charge is -2.28. The molecule has 0 bridgehead atoms. The van der Waals surface area contributed by atoms with Gasteiger partial charge in [0.15, 0.2) is 6.10 Å². The summed E-state index contributed by atoms with van der Waals surface area (Å²) in [6, 6.07) is 7.31. The molecule has 1 fully saturated rings. The molecule has 0 N–H and O–H groups in total. The van der Waals surface area contributed by atoms with E-state index in [1.54, 1.807) is 4.90 Å². The molecule has 150 valence electrons. The Labute approximate surface area is 160 Å². The molecule has 0 saturated carbocycles. The van der Waals surface area contributed by atoms with E-state index in [0.717, 1.165) is 31.4 Å². The second kappa shape index (κ2) is 8.08. The van der Waals surface area contributed by atoms with E-state index in [1.807, 2.05) is 0 Å². The summed E-state index contributed by atoms with van der Waals surface area (Å²) in [4.78, 5) is 26.2. The van der Waals surface area contributed by atoms with Crippen LogP contribution in [0.1, 0.15) is 42.3 Å². The summed E-state index contributed by atoms with van der Waals surface area (Å²) in [6.45, 7) is 2.77. The summed E-state index contributed by atoms with van der Waals surface area (Å²) in [5.74, 6) is -1.17. The molecule has 0 spiro atoms. The number of hydrogen-bond donors (Lipinski definition) is 0. The zero-order valence-electron chi connectivity index (χ0n) is 15.3. The van der Waals surface area contributed by atoms with Gasteiger partial charge >= 0.3 is 12.1 Å². The zero-order chi connectivity index (χ0) is 20.3. The number of carbonyl (C=O) groups is 2. The van der Waals surface area contributed by atoms with Crippen LogP contribution in [0.3, 0.4) is 0 Å². The number of furan rings is 1. The maximum Gasteiger partial charge on any atom is 0.416 e. The van der Waals surface area contributed by atoms with E-state index in [4.69, 9.17) is 9.15 Å². The normalized spacial score (nSPS) is 15.9. The van der Waals surface area contributed by atoms with Gasteiger partial charge in [-0.3, -0.25) is 4.79 Å². The lowest BCUT2D eigenvalue weighted by Crippen LogP contribution is -2.42. The number of alkyl halides is 3. The van der Waals surface area contributed by atoms with Crippen molar-refractivity contribution in [1.82, 2.24) is 4.90 Å². The van der Waals surface area contributed by atoms with Gasteiger partial charge in [0.05, 0.1) is 5.56 Å². The number of hydrogen-bond acceptors (Lipinski definition) is 4. The summed E-state index contributed by atoms with van der Waals surface area (Å²) in [7, 11) is 0. The van der Waals surface area contributed by atoms with Crippen molar-refractivity contribution in [3.63, 3.8) is 0 Å². The van der Waals surface area contributed by atoms with E-state index in [1.165, 1.54) is 31.2 Å². The van der Waals surface area contributed by atoms with Crippen molar-refractivity contribution < 1.29 is 31.9 Å². The number of likely N-dealkylation sites (tertiary alicyclic amines) is 1. The first-order chi connectivity index (χ1) is 13.3. The second-order valence-corrected chi connectivity index (χ2v) is 6.68. The van der Waals surface area contributed by atoms with Gasteiger partial charge in [-0.05, 0) is 50.5 Å². The maximum atomic E-state index is 12.8. The SMILES string of the molecule is C[C@H](OC(=O)c1ccc(-c2cccc(C(F)(F)F)c2)o1)C(=O)N1CCCCC1. The fourth-order valence-electron chi connectivity index (χ4n) is 3.09. The van der Waals surface area contributed by atoms with Crippen LogP contribution in [0.2, 0.25) is 0 Å². The number of piperidine rings is 1. The Balaban J connectivity index is 1.68. The zero-order valence-corrected chi connectivity index (χ0v) is 15.3. The standard InChI is InChI=1S/C20H20F3NO4/c1-13(18(25)24-10-3-2-4-11-24)27-19(26)17-9-8-16(28-17)14-6-5-7-15(12-14)20(21,22)23/h5-9,12-13H,2-4,10-11H2,1H3/t13-/m0/s1. The summed E-state index contributed by atoms with van der Waals surface area (Å²) in [5.41, 5.74) is -0.627. The van der Waals surface area contributed by atoms with Gasteiger partial charge in [0, 0.05) is 18.7 Å². The van der Waals surface area contributed by atoms with Gasteiger partial charge in [0.25, 0.3) is 5.91 Å². The third kappa shape index (κ3) is 4.55. The molecule has 8 heteroatoms. The van der Waals surface area contributed by atoms with Gasteiger partial charge in [-0.1, -0.05) is 12.1 Å².